The summed E-state index contributed by atoms with van der Waals surface area (Å²) in [4.78, 5) is 21.1. The largest absolute Gasteiger partial charge is 0.490 e. The number of nitrogens with one attached hydrogen (secondary N) is 1. The first-order valence-corrected chi connectivity index (χ1v) is 12.9. The number of ether oxygens (including phenoxy) is 2. The highest BCUT2D eigenvalue weighted by molar-refractivity contribution is 6.33. The van der Waals surface area contributed by atoms with Crippen molar-refractivity contribution in [3.8, 4) is 16.9 Å². The van der Waals surface area contributed by atoms with Crippen molar-refractivity contribution in [2.75, 3.05) is 26.9 Å². The number of carbonyl (C=O) groups is 2. The Morgan fingerprint density at radius 3 is 2.17 bits per heavy atom. The molecule has 0 saturated carbocycles. The maximum atomic E-state index is 15.7. The lowest BCUT2D eigenvalue weighted by Gasteiger charge is -2.31. The topological polar surface area (TPSA) is 131 Å². The molecule has 0 aliphatic rings. The van der Waals surface area contributed by atoms with E-state index in [1.54, 1.807) is 18.2 Å². The van der Waals surface area contributed by atoms with Crippen LogP contribution in [0.2, 0.25) is 5.02 Å². The number of amides is 1. The predicted molar refractivity (Wildman–Crippen MR) is 149 cm³/mol. The van der Waals surface area contributed by atoms with Crippen LogP contribution in [0.15, 0.2) is 60.7 Å². The lowest BCUT2D eigenvalue weighted by molar-refractivity contribution is -0.192. The van der Waals surface area contributed by atoms with Crippen LogP contribution in [0.4, 0.5) is 17.6 Å². The predicted octanol–water partition coefficient (Wildman–Crippen LogP) is 5.14. The number of hydrogen-bond acceptors (Lipinski definition) is 6. The summed E-state index contributed by atoms with van der Waals surface area (Å²) in [6.07, 6.45) is -5.08. The van der Waals surface area contributed by atoms with Gasteiger partial charge in [-0.25, -0.2) is 9.18 Å². The minimum absolute atomic E-state index is 0.0517. The van der Waals surface area contributed by atoms with Gasteiger partial charge in [0, 0.05) is 35.8 Å². The number of carbonyl (C=O) groups excluding carboxylic acids is 1. The average Bonchev–Trinajstić information content (AvgIpc) is 2.93. The van der Waals surface area contributed by atoms with Gasteiger partial charge in [0.2, 0.25) is 5.91 Å². The summed E-state index contributed by atoms with van der Waals surface area (Å²) in [5.74, 6) is -4.42. The highest BCUT2D eigenvalue weighted by Crippen LogP contribution is 2.40. The van der Waals surface area contributed by atoms with Crippen molar-refractivity contribution in [2.45, 2.75) is 31.7 Å². The molecule has 3 rings (SSSR count). The maximum Gasteiger partial charge on any atom is 0.490 e. The van der Waals surface area contributed by atoms with Gasteiger partial charge in [0.1, 0.15) is 12.2 Å². The first kappa shape index (κ1) is 34.5. The number of methoxy groups -OCH3 is 1. The third kappa shape index (κ3) is 8.89. The summed E-state index contributed by atoms with van der Waals surface area (Å²) < 4.78 is 57.9. The van der Waals surface area contributed by atoms with Crippen molar-refractivity contribution in [1.82, 2.24) is 5.32 Å². The lowest BCUT2D eigenvalue weighted by Crippen LogP contribution is -2.41. The fourth-order valence-electron chi connectivity index (χ4n) is 3.78. The maximum absolute atomic E-state index is 15.7. The van der Waals surface area contributed by atoms with E-state index in [-0.39, 0.29) is 53.3 Å². The van der Waals surface area contributed by atoms with E-state index in [1.165, 1.54) is 19.2 Å². The van der Waals surface area contributed by atoms with Crippen LogP contribution in [0, 0.1) is 5.82 Å². The van der Waals surface area contributed by atoms with Crippen LogP contribution in [0.5, 0.6) is 5.75 Å². The third-order valence-corrected chi connectivity index (χ3v) is 6.22. The van der Waals surface area contributed by atoms with E-state index in [2.05, 4.69) is 5.32 Å². The van der Waals surface area contributed by atoms with Gasteiger partial charge in [0.25, 0.3) is 0 Å². The normalized spacial score (nSPS) is 12.7. The van der Waals surface area contributed by atoms with Gasteiger partial charge >= 0.3 is 12.1 Å². The van der Waals surface area contributed by atoms with Crippen LogP contribution in [0.1, 0.15) is 35.3 Å². The van der Waals surface area contributed by atoms with E-state index in [0.717, 1.165) is 0 Å². The summed E-state index contributed by atoms with van der Waals surface area (Å²) >= 11 is 6.51. The molecule has 1 unspecified atom stereocenters. The van der Waals surface area contributed by atoms with Crippen molar-refractivity contribution in [3.05, 3.63) is 88.2 Å². The standard InChI is InChI=1S/C27H30ClFN2O4.C2HF3O2/c1-17(2)31-16-27(33,18-7-5-4-6-8-18)19-9-11-22(28)21(15-19)24-20(26(30)32)10-12-23(25(24)29)35-14-13-34-3;3-2(4,5)1(6)7/h4-12,15,17,31,33H,13-14,16H2,1-3H3,(H2,30,32);(H,6,7). The Morgan fingerprint density at radius 1 is 1.02 bits per heavy atom. The molecule has 13 heteroatoms. The Bertz CT molecular complexity index is 1370. The molecular formula is C29H31ClF4N2O6. The summed E-state index contributed by atoms with van der Waals surface area (Å²) in [6.45, 7) is 4.52. The molecule has 42 heavy (non-hydrogen) atoms. The van der Waals surface area contributed by atoms with Crippen molar-refractivity contribution < 1.29 is 46.8 Å². The smallest absolute Gasteiger partial charge is 0.488 e. The monoisotopic (exact) mass is 614 g/mol. The number of aliphatic hydroxyl groups is 1. The fourth-order valence-corrected chi connectivity index (χ4v) is 3.99. The van der Waals surface area contributed by atoms with Gasteiger partial charge in [0.05, 0.1) is 12.2 Å². The van der Waals surface area contributed by atoms with E-state index in [4.69, 9.17) is 36.7 Å². The van der Waals surface area contributed by atoms with Crippen LogP contribution >= 0.6 is 11.6 Å². The van der Waals surface area contributed by atoms with Gasteiger partial charge in [-0.2, -0.15) is 13.2 Å². The molecule has 1 amide bonds. The summed E-state index contributed by atoms with van der Waals surface area (Å²) in [6, 6.07) is 16.8. The number of carboxylic acid groups (broad SMARTS) is 1. The van der Waals surface area contributed by atoms with E-state index in [9.17, 15) is 23.1 Å². The van der Waals surface area contributed by atoms with Gasteiger partial charge in [-0.05, 0) is 35.4 Å². The quantitative estimate of drug-likeness (QED) is 0.174. The van der Waals surface area contributed by atoms with Crippen molar-refractivity contribution >= 4 is 23.5 Å². The lowest BCUT2D eigenvalue weighted by atomic mass is 9.84. The SMILES string of the molecule is COCCOc1ccc(C(N)=O)c(-c2cc(C(O)(CNC(C)C)c3ccccc3)ccc2Cl)c1F.O=C(O)C(F)(F)F. The van der Waals surface area contributed by atoms with Gasteiger partial charge in [-0.3, -0.25) is 4.79 Å². The Kier molecular flexibility index (Phi) is 12.3. The van der Waals surface area contributed by atoms with Crippen LogP contribution in [-0.2, 0) is 15.1 Å². The molecule has 0 radical (unpaired) electrons. The highest BCUT2D eigenvalue weighted by Gasteiger charge is 2.38. The summed E-state index contributed by atoms with van der Waals surface area (Å²) in [5.41, 5.74) is 5.30. The molecule has 0 aromatic heterocycles. The zero-order valence-electron chi connectivity index (χ0n) is 23.0. The van der Waals surface area contributed by atoms with Crippen molar-refractivity contribution in [2.24, 2.45) is 5.73 Å². The molecule has 0 bridgehead atoms. The minimum Gasteiger partial charge on any atom is -0.488 e. The Hall–Kier alpha value is -3.71. The number of carboxylic acids is 1. The Labute approximate surface area is 245 Å². The first-order valence-electron chi connectivity index (χ1n) is 12.5. The van der Waals surface area contributed by atoms with Gasteiger partial charge in [-0.1, -0.05) is 61.8 Å². The second-order valence-corrected chi connectivity index (χ2v) is 9.67. The van der Waals surface area contributed by atoms with Gasteiger partial charge < -0.3 is 30.7 Å². The second-order valence-electron chi connectivity index (χ2n) is 9.27. The molecule has 0 aliphatic carbocycles. The molecule has 3 aromatic carbocycles. The van der Waals surface area contributed by atoms with Crippen LogP contribution in [0.25, 0.3) is 11.1 Å². The summed E-state index contributed by atoms with van der Waals surface area (Å²) in [5, 5.41) is 22.5. The van der Waals surface area contributed by atoms with E-state index in [0.29, 0.717) is 11.1 Å². The van der Waals surface area contributed by atoms with E-state index >= 15 is 4.39 Å². The molecule has 228 valence electrons. The first-order chi connectivity index (χ1) is 19.6. The molecule has 0 heterocycles. The van der Waals surface area contributed by atoms with Gasteiger partial charge in [0.15, 0.2) is 11.6 Å². The molecule has 0 fully saturated rings. The fraction of sp³-hybridized carbons (Fsp3) is 0.310. The zero-order chi connectivity index (χ0) is 31.7. The van der Waals surface area contributed by atoms with Crippen molar-refractivity contribution in [1.29, 1.82) is 0 Å². The van der Waals surface area contributed by atoms with E-state index < -0.39 is 29.5 Å². The number of primary amides is 1. The molecule has 0 spiro atoms. The zero-order valence-corrected chi connectivity index (χ0v) is 23.7. The van der Waals surface area contributed by atoms with E-state index in [1.807, 2.05) is 44.2 Å². The number of nitrogens with two attached hydrogens (primary N) is 1. The molecule has 8 nitrogen and oxygen atoms in total. The number of benzene rings is 3. The average molecular weight is 615 g/mol. The minimum atomic E-state index is -5.08. The molecule has 0 aliphatic heterocycles. The van der Waals surface area contributed by atoms with Crippen molar-refractivity contribution in [3.63, 3.8) is 0 Å². The Balaban J connectivity index is 0.000000782. The molecule has 0 saturated heterocycles. The number of alkyl halides is 3. The number of aliphatic carboxylic acids is 1. The van der Waals surface area contributed by atoms with Crippen LogP contribution < -0.4 is 15.8 Å². The van der Waals surface area contributed by atoms with Crippen LogP contribution in [0.3, 0.4) is 0 Å². The number of hydrogen-bond donors (Lipinski definition) is 4. The molecule has 5 N–H and O–H groups in total. The number of rotatable bonds is 11. The highest BCUT2D eigenvalue weighted by atomic mass is 35.5. The molecule has 3 aromatic rings. The molecular weight excluding hydrogens is 584 g/mol. The molecule has 1 atom stereocenters. The summed E-state index contributed by atoms with van der Waals surface area (Å²) in [7, 11) is 1.51. The third-order valence-electron chi connectivity index (χ3n) is 5.89. The number of halogens is 5. The van der Waals surface area contributed by atoms with Crippen LogP contribution in [-0.4, -0.2) is 61.2 Å². The Morgan fingerprint density at radius 2 is 1.64 bits per heavy atom. The second kappa shape index (κ2) is 15.0. The van der Waals surface area contributed by atoms with Gasteiger partial charge in [-0.15, -0.1) is 0 Å².